The standard InChI is InChI=1S/C52H56N2O2/c1-3-5-7-9-11-15-34-55-49-37-45(29-25-40-24-26-43-28-27-41-18-17-19-42-30-31-46(40)52(43)51(41)42)50(56-35-16-12-10-8-6-4-2)36-44(49)23-21-39-22-32-48(54-38-39)47-20-13-14-33-53-47/h13-14,17-33,36-38H,3-12,15-16,34-35H2,1-2H3/b23-21+,29-25+. The molecule has 2 aromatic heterocycles. The van der Waals surface area contributed by atoms with Gasteiger partial charge >= 0.3 is 0 Å². The summed E-state index contributed by atoms with van der Waals surface area (Å²) in [5.74, 6) is 1.75. The first kappa shape index (κ1) is 38.8. The number of aromatic nitrogens is 2. The van der Waals surface area contributed by atoms with Crippen molar-refractivity contribution < 1.29 is 9.47 Å². The molecule has 0 aliphatic heterocycles. The van der Waals surface area contributed by atoms with Crippen LogP contribution < -0.4 is 9.47 Å². The average molecular weight is 741 g/mol. The maximum atomic E-state index is 6.65. The number of unbranched alkanes of at least 4 members (excludes halogenated alkanes) is 10. The van der Waals surface area contributed by atoms with Crippen LogP contribution in [0.5, 0.6) is 11.5 Å². The van der Waals surface area contributed by atoms with E-state index < -0.39 is 0 Å². The van der Waals surface area contributed by atoms with Gasteiger partial charge in [-0.1, -0.05) is 169 Å². The van der Waals surface area contributed by atoms with Gasteiger partial charge in [0.15, 0.2) is 0 Å². The van der Waals surface area contributed by atoms with E-state index in [9.17, 15) is 0 Å². The van der Waals surface area contributed by atoms with E-state index in [1.165, 1.54) is 102 Å². The van der Waals surface area contributed by atoms with Crippen molar-refractivity contribution in [2.75, 3.05) is 13.2 Å². The smallest absolute Gasteiger partial charge is 0.127 e. The highest BCUT2D eigenvalue weighted by Crippen LogP contribution is 2.38. The van der Waals surface area contributed by atoms with E-state index in [4.69, 9.17) is 14.5 Å². The van der Waals surface area contributed by atoms with Gasteiger partial charge in [0.1, 0.15) is 11.5 Å². The Kier molecular flexibility index (Phi) is 13.8. The molecule has 0 radical (unpaired) electrons. The molecular weight excluding hydrogens is 685 g/mol. The Labute approximate surface area is 333 Å². The predicted octanol–water partition coefficient (Wildman–Crippen LogP) is 14.9. The third-order valence-electron chi connectivity index (χ3n) is 10.8. The minimum atomic E-state index is 0.684. The average Bonchev–Trinajstić information content (AvgIpc) is 3.24. The molecule has 0 bridgehead atoms. The topological polar surface area (TPSA) is 44.2 Å². The van der Waals surface area contributed by atoms with Crippen molar-refractivity contribution in [1.82, 2.24) is 9.97 Å². The van der Waals surface area contributed by atoms with Crippen molar-refractivity contribution >= 4 is 56.6 Å². The molecule has 56 heavy (non-hydrogen) atoms. The van der Waals surface area contributed by atoms with E-state index in [0.29, 0.717) is 13.2 Å². The summed E-state index contributed by atoms with van der Waals surface area (Å²) in [6.07, 6.45) is 27.1. The van der Waals surface area contributed by atoms with Crippen molar-refractivity contribution in [3.63, 3.8) is 0 Å². The van der Waals surface area contributed by atoms with E-state index >= 15 is 0 Å². The minimum Gasteiger partial charge on any atom is -0.493 e. The summed E-state index contributed by atoms with van der Waals surface area (Å²) in [6, 6.07) is 34.5. The van der Waals surface area contributed by atoms with Gasteiger partial charge in [-0.25, -0.2) is 0 Å². The molecule has 4 nitrogen and oxygen atoms in total. The molecule has 0 unspecified atom stereocenters. The molecule has 2 heterocycles. The number of hydrogen-bond acceptors (Lipinski definition) is 4. The normalized spacial score (nSPS) is 11.9. The highest BCUT2D eigenvalue weighted by atomic mass is 16.5. The molecule has 0 aliphatic carbocycles. The lowest BCUT2D eigenvalue weighted by Gasteiger charge is -2.16. The Bertz CT molecular complexity index is 2330. The van der Waals surface area contributed by atoms with Crippen molar-refractivity contribution in [2.24, 2.45) is 0 Å². The van der Waals surface area contributed by atoms with Crippen LogP contribution in [0.25, 0.3) is 68.0 Å². The van der Waals surface area contributed by atoms with E-state index in [1.54, 1.807) is 6.20 Å². The number of benzene rings is 5. The molecule has 4 heteroatoms. The van der Waals surface area contributed by atoms with Crippen LogP contribution in [-0.2, 0) is 0 Å². The van der Waals surface area contributed by atoms with Crippen molar-refractivity contribution in [3.05, 3.63) is 132 Å². The van der Waals surface area contributed by atoms with Gasteiger partial charge in [-0.15, -0.1) is 0 Å². The van der Waals surface area contributed by atoms with Crippen LogP contribution in [0.3, 0.4) is 0 Å². The third-order valence-corrected chi connectivity index (χ3v) is 10.8. The second kappa shape index (κ2) is 19.9. The van der Waals surface area contributed by atoms with Crippen LogP contribution in [-0.4, -0.2) is 23.2 Å². The minimum absolute atomic E-state index is 0.684. The molecule has 286 valence electrons. The fourth-order valence-corrected chi connectivity index (χ4v) is 7.67. The van der Waals surface area contributed by atoms with E-state index in [0.717, 1.165) is 52.4 Å². The number of nitrogens with zero attached hydrogens (tertiary/aromatic N) is 2. The van der Waals surface area contributed by atoms with Crippen LogP contribution in [0, 0.1) is 0 Å². The van der Waals surface area contributed by atoms with Crippen molar-refractivity contribution in [2.45, 2.75) is 90.9 Å². The first-order valence-electron chi connectivity index (χ1n) is 21.1. The SMILES string of the molecule is CCCCCCCCOc1cc(/C=C/c2ccc3ccc4cccc5ccc2c3c45)c(OCCCCCCCC)cc1/C=C/c1ccc(-c2ccccn2)nc1. The molecule has 0 saturated carbocycles. The summed E-state index contributed by atoms with van der Waals surface area (Å²) in [7, 11) is 0. The maximum absolute atomic E-state index is 6.65. The monoisotopic (exact) mass is 740 g/mol. The Morgan fingerprint density at radius 1 is 0.464 bits per heavy atom. The van der Waals surface area contributed by atoms with Gasteiger partial charge in [0.2, 0.25) is 0 Å². The molecule has 0 amide bonds. The van der Waals surface area contributed by atoms with Gasteiger partial charge in [0.05, 0.1) is 24.6 Å². The number of hydrogen-bond donors (Lipinski definition) is 0. The number of rotatable bonds is 21. The van der Waals surface area contributed by atoms with E-state index in [1.807, 2.05) is 30.5 Å². The summed E-state index contributed by atoms with van der Waals surface area (Å²) >= 11 is 0. The molecular formula is C52H56N2O2. The number of ether oxygens (including phenoxy) is 2. The molecule has 0 atom stereocenters. The van der Waals surface area contributed by atoms with Crippen molar-refractivity contribution in [1.29, 1.82) is 0 Å². The molecule has 0 aliphatic rings. The molecule has 5 aromatic carbocycles. The van der Waals surface area contributed by atoms with Gasteiger partial charge in [-0.2, -0.15) is 0 Å². The maximum Gasteiger partial charge on any atom is 0.127 e. The van der Waals surface area contributed by atoms with Crippen LogP contribution in [0.1, 0.15) is 113 Å². The van der Waals surface area contributed by atoms with Gasteiger partial charge < -0.3 is 9.47 Å². The zero-order valence-electron chi connectivity index (χ0n) is 33.3. The van der Waals surface area contributed by atoms with E-state index in [-0.39, 0.29) is 0 Å². The second-order valence-corrected chi connectivity index (χ2v) is 15.0. The van der Waals surface area contributed by atoms with Crippen LogP contribution in [0.4, 0.5) is 0 Å². The summed E-state index contributed by atoms with van der Waals surface area (Å²) in [4.78, 5) is 9.16. The van der Waals surface area contributed by atoms with Gasteiger partial charge in [-0.3, -0.25) is 9.97 Å². The lowest BCUT2D eigenvalue weighted by Crippen LogP contribution is -2.03. The summed E-state index contributed by atoms with van der Waals surface area (Å²) < 4.78 is 13.3. The Morgan fingerprint density at radius 3 is 1.66 bits per heavy atom. The Hall–Kier alpha value is -5.48. The van der Waals surface area contributed by atoms with Crippen LogP contribution in [0.15, 0.2) is 109 Å². The fraction of sp³-hybridized carbons (Fsp3) is 0.308. The number of pyridine rings is 2. The third kappa shape index (κ3) is 9.84. The van der Waals surface area contributed by atoms with Gasteiger partial charge in [0, 0.05) is 23.5 Å². The summed E-state index contributed by atoms with van der Waals surface area (Å²) in [5.41, 5.74) is 5.96. The molecule has 0 fully saturated rings. The highest BCUT2D eigenvalue weighted by Gasteiger charge is 2.13. The highest BCUT2D eigenvalue weighted by molar-refractivity contribution is 6.24. The van der Waals surface area contributed by atoms with Crippen LogP contribution >= 0.6 is 0 Å². The Morgan fingerprint density at radius 2 is 1.04 bits per heavy atom. The molecule has 0 spiro atoms. The lowest BCUT2D eigenvalue weighted by atomic mass is 9.92. The first-order chi connectivity index (χ1) is 27.7. The van der Waals surface area contributed by atoms with Gasteiger partial charge in [0.25, 0.3) is 0 Å². The van der Waals surface area contributed by atoms with Crippen molar-refractivity contribution in [3.8, 4) is 22.9 Å². The summed E-state index contributed by atoms with van der Waals surface area (Å²) in [6.45, 7) is 5.90. The zero-order valence-corrected chi connectivity index (χ0v) is 33.3. The Balaban J connectivity index is 1.20. The summed E-state index contributed by atoms with van der Waals surface area (Å²) in [5, 5.41) is 7.76. The predicted molar refractivity (Wildman–Crippen MR) is 240 cm³/mol. The van der Waals surface area contributed by atoms with Gasteiger partial charge in [-0.05, 0) is 86.6 Å². The quantitative estimate of drug-likeness (QED) is 0.0418. The largest absolute Gasteiger partial charge is 0.493 e. The lowest BCUT2D eigenvalue weighted by molar-refractivity contribution is 0.295. The fourth-order valence-electron chi connectivity index (χ4n) is 7.67. The molecule has 0 saturated heterocycles. The molecule has 7 aromatic rings. The molecule has 0 N–H and O–H groups in total. The molecule has 7 rings (SSSR count). The van der Waals surface area contributed by atoms with Crippen LogP contribution in [0.2, 0.25) is 0 Å². The zero-order chi connectivity index (χ0) is 38.4. The first-order valence-corrected chi connectivity index (χ1v) is 21.1. The van der Waals surface area contributed by atoms with E-state index in [2.05, 4.69) is 116 Å². The second-order valence-electron chi connectivity index (χ2n) is 15.0.